The van der Waals surface area contributed by atoms with E-state index in [1.807, 2.05) is 0 Å². The van der Waals surface area contributed by atoms with E-state index in [-0.39, 0.29) is 0 Å². The van der Waals surface area contributed by atoms with Crippen LogP contribution in [0.4, 0.5) is 9.59 Å². The fourth-order valence-electron chi connectivity index (χ4n) is 1.74. The Labute approximate surface area is 91.6 Å². The number of likely N-dealkylation sites (tertiary alicyclic amines) is 1. The highest BCUT2D eigenvalue weighted by Crippen LogP contribution is 2.14. The molecule has 0 spiro atoms. The molecule has 1 aliphatic heterocycles. The van der Waals surface area contributed by atoms with Gasteiger partial charge in [-0.25, -0.2) is 9.59 Å². The van der Waals surface area contributed by atoms with Gasteiger partial charge in [-0.2, -0.15) is 9.78 Å². The van der Waals surface area contributed by atoms with Crippen LogP contribution in [0.1, 0.15) is 12.8 Å². The first-order valence-electron chi connectivity index (χ1n) is 4.98. The van der Waals surface area contributed by atoms with Crippen LogP contribution in [0.2, 0.25) is 0 Å². The van der Waals surface area contributed by atoms with Gasteiger partial charge in [0.1, 0.15) is 6.17 Å². The number of carbonyl (C=O) groups is 2. The number of nitrogens with one attached hydrogen (secondary N) is 1. The van der Waals surface area contributed by atoms with Crippen molar-refractivity contribution in [2.75, 3.05) is 6.54 Å². The molecule has 1 fully saturated rings. The lowest BCUT2D eigenvalue weighted by molar-refractivity contribution is 0.134. The van der Waals surface area contributed by atoms with Gasteiger partial charge in [-0.3, -0.25) is 4.90 Å². The molecule has 2 heterocycles. The van der Waals surface area contributed by atoms with Crippen molar-refractivity contribution in [1.29, 1.82) is 0 Å². The molecule has 0 radical (unpaired) electrons. The number of rotatable bonds is 1. The lowest BCUT2D eigenvalue weighted by Crippen LogP contribution is -2.47. The van der Waals surface area contributed by atoms with Gasteiger partial charge >= 0.3 is 12.1 Å². The summed E-state index contributed by atoms with van der Waals surface area (Å²) in [6, 6.07) is 1.21. The molecule has 1 saturated heterocycles. The molecule has 7 heteroatoms. The summed E-state index contributed by atoms with van der Waals surface area (Å²) in [6.45, 7) is 0.458. The third kappa shape index (κ3) is 1.97. The Balaban J connectivity index is 1.99. The molecule has 0 aliphatic carbocycles. The van der Waals surface area contributed by atoms with E-state index < -0.39 is 18.3 Å². The molecular weight excluding hydrogens is 212 g/mol. The van der Waals surface area contributed by atoms with Gasteiger partial charge in [-0.15, -0.1) is 0 Å². The molecule has 2 rings (SSSR count). The molecule has 2 amide bonds. The Hall–Kier alpha value is -2.05. The highest BCUT2D eigenvalue weighted by Gasteiger charge is 2.29. The number of carboxylic acid groups (broad SMARTS) is 1. The van der Waals surface area contributed by atoms with Crippen molar-refractivity contribution in [2.24, 2.45) is 0 Å². The highest BCUT2D eigenvalue weighted by atomic mass is 16.4. The third-order valence-electron chi connectivity index (χ3n) is 2.50. The lowest BCUT2D eigenvalue weighted by Gasteiger charge is -2.22. The summed E-state index contributed by atoms with van der Waals surface area (Å²) >= 11 is 0. The number of aromatic nitrogens is 2. The Morgan fingerprint density at radius 1 is 1.50 bits per heavy atom. The van der Waals surface area contributed by atoms with Crippen LogP contribution in [0, 0.1) is 0 Å². The summed E-state index contributed by atoms with van der Waals surface area (Å²) in [4.78, 5) is 23.7. The molecular formula is C9H12N4O3. The van der Waals surface area contributed by atoms with Crippen LogP contribution in [0.25, 0.3) is 0 Å². The average molecular weight is 224 g/mol. The predicted octanol–water partition coefficient (Wildman–Crippen LogP) is 0.541. The Morgan fingerprint density at radius 2 is 2.31 bits per heavy atom. The molecule has 1 aromatic rings. The van der Waals surface area contributed by atoms with Crippen LogP contribution in [0.3, 0.4) is 0 Å². The minimum atomic E-state index is -1.01. The molecule has 1 unspecified atom stereocenters. The first-order chi connectivity index (χ1) is 7.68. The van der Waals surface area contributed by atoms with E-state index >= 15 is 0 Å². The summed E-state index contributed by atoms with van der Waals surface area (Å²) in [5.74, 6) is 0. The van der Waals surface area contributed by atoms with Crippen molar-refractivity contribution in [3.05, 3.63) is 18.5 Å². The predicted molar refractivity (Wildman–Crippen MR) is 53.9 cm³/mol. The van der Waals surface area contributed by atoms with Gasteiger partial charge in [-0.05, 0) is 18.9 Å². The van der Waals surface area contributed by atoms with Gasteiger partial charge in [0, 0.05) is 18.9 Å². The second-order valence-electron chi connectivity index (χ2n) is 3.53. The highest BCUT2D eigenvalue weighted by molar-refractivity contribution is 5.76. The van der Waals surface area contributed by atoms with Gasteiger partial charge in [-0.1, -0.05) is 0 Å². The van der Waals surface area contributed by atoms with E-state index in [0.29, 0.717) is 13.0 Å². The second-order valence-corrected chi connectivity index (χ2v) is 3.53. The first-order valence-corrected chi connectivity index (χ1v) is 4.98. The molecule has 86 valence electrons. The van der Waals surface area contributed by atoms with E-state index in [2.05, 4.69) is 10.4 Å². The van der Waals surface area contributed by atoms with Gasteiger partial charge in [0.25, 0.3) is 0 Å². The molecule has 7 nitrogen and oxygen atoms in total. The normalized spacial score (nSPS) is 19.8. The second kappa shape index (κ2) is 4.21. The van der Waals surface area contributed by atoms with Crippen LogP contribution in [-0.2, 0) is 0 Å². The largest absolute Gasteiger partial charge is 0.465 e. The van der Waals surface area contributed by atoms with E-state index in [1.165, 1.54) is 17.3 Å². The van der Waals surface area contributed by atoms with E-state index in [1.54, 1.807) is 6.07 Å². The van der Waals surface area contributed by atoms with Crippen LogP contribution >= 0.6 is 0 Å². The zero-order chi connectivity index (χ0) is 11.5. The zero-order valence-electron chi connectivity index (χ0n) is 8.54. The summed E-state index contributed by atoms with van der Waals surface area (Å²) in [6.07, 6.45) is 2.94. The van der Waals surface area contributed by atoms with Crippen molar-refractivity contribution in [2.45, 2.75) is 19.0 Å². The van der Waals surface area contributed by atoms with Crippen LogP contribution in [-0.4, -0.2) is 44.6 Å². The molecule has 1 atom stereocenters. The van der Waals surface area contributed by atoms with Crippen molar-refractivity contribution in [3.63, 3.8) is 0 Å². The van der Waals surface area contributed by atoms with Crippen LogP contribution in [0.5, 0.6) is 0 Å². The molecule has 1 aliphatic rings. The minimum absolute atomic E-state index is 0.414. The monoisotopic (exact) mass is 224 g/mol. The topological polar surface area (TPSA) is 87.5 Å². The summed E-state index contributed by atoms with van der Waals surface area (Å²) in [7, 11) is 0. The van der Waals surface area contributed by atoms with Crippen molar-refractivity contribution in [3.8, 4) is 0 Å². The average Bonchev–Trinajstić information content (AvgIpc) is 2.86. The molecule has 16 heavy (non-hydrogen) atoms. The third-order valence-corrected chi connectivity index (χ3v) is 2.50. The first kappa shape index (κ1) is 10.5. The number of carbonyl (C=O) groups excluding carboxylic acids is 1. The maximum absolute atomic E-state index is 11.6. The van der Waals surface area contributed by atoms with E-state index in [4.69, 9.17) is 5.11 Å². The maximum atomic E-state index is 11.6. The Bertz CT molecular complexity index is 389. The van der Waals surface area contributed by atoms with Gasteiger partial charge < -0.3 is 10.4 Å². The summed E-state index contributed by atoms with van der Waals surface area (Å²) in [5.41, 5.74) is 0. The summed E-state index contributed by atoms with van der Waals surface area (Å²) < 4.78 is 1.14. The quantitative estimate of drug-likeness (QED) is 0.728. The Morgan fingerprint density at radius 3 is 2.94 bits per heavy atom. The molecule has 0 saturated carbocycles. The van der Waals surface area contributed by atoms with Crippen molar-refractivity contribution >= 4 is 12.1 Å². The smallest absolute Gasteiger partial charge is 0.408 e. The van der Waals surface area contributed by atoms with Crippen LogP contribution in [0.15, 0.2) is 18.5 Å². The standard InChI is InChI=1S/C9H12N4O3/c14-8(13-6-2-4-10-13)11-7-3-1-5-12(7)9(15)16/h2,4,6-7H,1,3,5H2,(H,11,14)(H,15,16). The summed E-state index contributed by atoms with van der Waals surface area (Å²) in [5, 5.41) is 15.3. The van der Waals surface area contributed by atoms with Crippen molar-refractivity contribution in [1.82, 2.24) is 20.0 Å². The Kier molecular flexibility index (Phi) is 2.76. The SMILES string of the molecule is O=C(O)N1CCCC1NC(=O)n1cccn1. The lowest BCUT2D eigenvalue weighted by atomic mass is 10.3. The number of nitrogens with zero attached hydrogens (tertiary/aromatic N) is 3. The molecule has 0 bridgehead atoms. The number of hydrogen-bond donors (Lipinski definition) is 2. The molecule has 1 aromatic heterocycles. The fourth-order valence-corrected chi connectivity index (χ4v) is 1.74. The van der Waals surface area contributed by atoms with E-state index in [9.17, 15) is 9.59 Å². The molecule has 2 N–H and O–H groups in total. The minimum Gasteiger partial charge on any atom is -0.465 e. The van der Waals surface area contributed by atoms with Gasteiger partial charge in [0.2, 0.25) is 0 Å². The maximum Gasteiger partial charge on any atom is 0.408 e. The number of hydrogen-bond acceptors (Lipinski definition) is 3. The molecule has 0 aromatic carbocycles. The van der Waals surface area contributed by atoms with E-state index in [0.717, 1.165) is 11.1 Å². The van der Waals surface area contributed by atoms with Gasteiger partial charge in [0.15, 0.2) is 0 Å². The number of amides is 2. The zero-order valence-corrected chi connectivity index (χ0v) is 8.54. The van der Waals surface area contributed by atoms with Crippen LogP contribution < -0.4 is 5.32 Å². The fraction of sp³-hybridized carbons (Fsp3) is 0.444. The van der Waals surface area contributed by atoms with Gasteiger partial charge in [0.05, 0.1) is 0 Å². The van der Waals surface area contributed by atoms with Crippen molar-refractivity contribution < 1.29 is 14.7 Å².